The summed E-state index contributed by atoms with van der Waals surface area (Å²) in [5.41, 5.74) is 3.31. The number of hydrogen-bond donors (Lipinski definition) is 2. The standard InChI is InChI=1S/C9H22N2O/c1-4-11(5-2)10-7-6-9(3)8-12/h9-10,12H,4-8H2,1-3H3. The molecule has 0 aliphatic carbocycles. The van der Waals surface area contributed by atoms with Gasteiger partial charge in [-0.3, -0.25) is 5.43 Å². The summed E-state index contributed by atoms with van der Waals surface area (Å²) >= 11 is 0. The Kier molecular flexibility index (Phi) is 7.45. The molecule has 0 aliphatic heterocycles. The normalized spacial score (nSPS) is 13.8. The van der Waals surface area contributed by atoms with Gasteiger partial charge in [0.1, 0.15) is 0 Å². The molecule has 0 radical (unpaired) electrons. The molecule has 0 amide bonds. The van der Waals surface area contributed by atoms with Crippen LogP contribution in [-0.4, -0.2) is 36.4 Å². The highest BCUT2D eigenvalue weighted by Gasteiger charge is 2.00. The van der Waals surface area contributed by atoms with E-state index in [1.54, 1.807) is 0 Å². The molecule has 0 aliphatic rings. The summed E-state index contributed by atoms with van der Waals surface area (Å²) in [4.78, 5) is 0. The second-order valence-electron chi connectivity index (χ2n) is 3.16. The molecule has 12 heavy (non-hydrogen) atoms. The molecule has 0 saturated heterocycles. The highest BCUT2D eigenvalue weighted by atomic mass is 16.3. The summed E-state index contributed by atoms with van der Waals surface area (Å²) in [6.07, 6.45) is 1.03. The second kappa shape index (κ2) is 7.53. The highest BCUT2D eigenvalue weighted by molar-refractivity contribution is 4.53. The third-order valence-corrected chi connectivity index (χ3v) is 2.05. The lowest BCUT2D eigenvalue weighted by Gasteiger charge is -2.20. The van der Waals surface area contributed by atoms with Gasteiger partial charge < -0.3 is 5.11 Å². The summed E-state index contributed by atoms with van der Waals surface area (Å²) in [6, 6.07) is 0. The number of nitrogens with zero attached hydrogens (tertiary/aromatic N) is 1. The van der Waals surface area contributed by atoms with E-state index < -0.39 is 0 Å². The molecule has 3 nitrogen and oxygen atoms in total. The molecule has 0 fully saturated rings. The summed E-state index contributed by atoms with van der Waals surface area (Å²) in [5, 5.41) is 10.9. The zero-order chi connectivity index (χ0) is 9.40. The zero-order valence-corrected chi connectivity index (χ0v) is 8.51. The highest BCUT2D eigenvalue weighted by Crippen LogP contribution is 1.97. The Hall–Kier alpha value is -0.120. The van der Waals surface area contributed by atoms with Crippen LogP contribution in [-0.2, 0) is 0 Å². The fourth-order valence-corrected chi connectivity index (χ4v) is 1.01. The van der Waals surface area contributed by atoms with Gasteiger partial charge in [0.25, 0.3) is 0 Å². The lowest BCUT2D eigenvalue weighted by molar-refractivity contribution is 0.185. The lowest BCUT2D eigenvalue weighted by atomic mass is 10.1. The van der Waals surface area contributed by atoms with Crippen molar-refractivity contribution in [2.75, 3.05) is 26.2 Å². The van der Waals surface area contributed by atoms with Gasteiger partial charge >= 0.3 is 0 Å². The fourth-order valence-electron chi connectivity index (χ4n) is 1.01. The number of aliphatic hydroxyl groups is 1. The first-order valence-corrected chi connectivity index (χ1v) is 4.83. The number of hydrogen-bond acceptors (Lipinski definition) is 3. The van der Waals surface area contributed by atoms with E-state index in [1.807, 2.05) is 0 Å². The van der Waals surface area contributed by atoms with E-state index in [-0.39, 0.29) is 0 Å². The van der Waals surface area contributed by atoms with Gasteiger partial charge in [-0.15, -0.1) is 0 Å². The SMILES string of the molecule is CCN(CC)NCCC(C)CO. The molecule has 0 aromatic rings. The van der Waals surface area contributed by atoms with Gasteiger partial charge in [0.15, 0.2) is 0 Å². The minimum atomic E-state index is 0.292. The van der Waals surface area contributed by atoms with Gasteiger partial charge in [-0.2, -0.15) is 0 Å². The lowest BCUT2D eigenvalue weighted by Crippen LogP contribution is -2.38. The van der Waals surface area contributed by atoms with Crippen LogP contribution in [0.4, 0.5) is 0 Å². The van der Waals surface area contributed by atoms with Crippen molar-refractivity contribution in [1.29, 1.82) is 0 Å². The predicted octanol–water partition coefficient (Wildman–Crippen LogP) is 0.851. The van der Waals surface area contributed by atoms with Gasteiger partial charge in [0.2, 0.25) is 0 Å². The molecule has 74 valence electrons. The third-order valence-electron chi connectivity index (χ3n) is 2.05. The molecule has 3 heteroatoms. The maximum absolute atomic E-state index is 8.77. The molecule has 1 unspecified atom stereocenters. The van der Waals surface area contributed by atoms with Crippen LogP contribution in [0.25, 0.3) is 0 Å². The van der Waals surface area contributed by atoms with Gasteiger partial charge in [-0.1, -0.05) is 20.8 Å². The van der Waals surface area contributed by atoms with Crippen molar-refractivity contribution in [2.24, 2.45) is 5.92 Å². The van der Waals surface area contributed by atoms with Gasteiger partial charge in [-0.25, -0.2) is 5.01 Å². The molecule has 0 heterocycles. The van der Waals surface area contributed by atoms with Crippen molar-refractivity contribution >= 4 is 0 Å². The van der Waals surface area contributed by atoms with Crippen LogP contribution in [0.15, 0.2) is 0 Å². The number of rotatable bonds is 7. The van der Waals surface area contributed by atoms with Gasteiger partial charge in [-0.05, 0) is 12.3 Å². The Morgan fingerprint density at radius 3 is 2.33 bits per heavy atom. The van der Waals surface area contributed by atoms with E-state index >= 15 is 0 Å². The summed E-state index contributed by atoms with van der Waals surface area (Å²) in [6.45, 7) is 9.64. The molecule has 0 spiro atoms. The molecule has 2 N–H and O–H groups in total. The first kappa shape index (κ1) is 11.9. The Bertz CT molecular complexity index is 94.5. The van der Waals surface area contributed by atoms with E-state index in [9.17, 15) is 0 Å². The topological polar surface area (TPSA) is 35.5 Å². The largest absolute Gasteiger partial charge is 0.396 e. The maximum Gasteiger partial charge on any atom is 0.0457 e. The first-order chi connectivity index (χ1) is 5.74. The van der Waals surface area contributed by atoms with Crippen LogP contribution in [0.2, 0.25) is 0 Å². The van der Waals surface area contributed by atoms with Gasteiger partial charge in [0.05, 0.1) is 0 Å². The van der Waals surface area contributed by atoms with E-state index in [1.165, 1.54) is 0 Å². The van der Waals surface area contributed by atoms with Crippen LogP contribution in [0, 0.1) is 5.92 Å². The second-order valence-corrected chi connectivity index (χ2v) is 3.16. The summed E-state index contributed by atoms with van der Waals surface area (Å²) in [5.74, 6) is 0.410. The van der Waals surface area contributed by atoms with Crippen molar-refractivity contribution in [1.82, 2.24) is 10.4 Å². The van der Waals surface area contributed by atoms with Crippen molar-refractivity contribution in [2.45, 2.75) is 27.2 Å². The van der Waals surface area contributed by atoms with Crippen LogP contribution < -0.4 is 5.43 Å². The van der Waals surface area contributed by atoms with Crippen LogP contribution in [0.1, 0.15) is 27.2 Å². The zero-order valence-electron chi connectivity index (χ0n) is 8.51. The van der Waals surface area contributed by atoms with Crippen molar-refractivity contribution < 1.29 is 5.11 Å². The predicted molar refractivity (Wildman–Crippen MR) is 51.8 cm³/mol. The molecule has 0 bridgehead atoms. The molecule has 0 aromatic carbocycles. The van der Waals surface area contributed by atoms with E-state index in [0.717, 1.165) is 26.1 Å². The quantitative estimate of drug-likeness (QED) is 0.562. The summed E-state index contributed by atoms with van der Waals surface area (Å²) in [7, 11) is 0. The van der Waals surface area contributed by atoms with E-state index in [4.69, 9.17) is 5.11 Å². The third kappa shape index (κ3) is 5.52. The Balaban J connectivity index is 3.28. The monoisotopic (exact) mass is 174 g/mol. The van der Waals surface area contributed by atoms with Crippen LogP contribution in [0.3, 0.4) is 0 Å². The number of hydrazine groups is 1. The Morgan fingerprint density at radius 1 is 1.33 bits per heavy atom. The first-order valence-electron chi connectivity index (χ1n) is 4.83. The minimum Gasteiger partial charge on any atom is -0.396 e. The average molecular weight is 174 g/mol. The van der Waals surface area contributed by atoms with Crippen molar-refractivity contribution in [3.63, 3.8) is 0 Å². The molecular formula is C9H22N2O. The number of nitrogens with one attached hydrogen (secondary N) is 1. The molecule has 1 atom stereocenters. The van der Waals surface area contributed by atoms with E-state index in [0.29, 0.717) is 12.5 Å². The van der Waals surface area contributed by atoms with Crippen LogP contribution >= 0.6 is 0 Å². The molecule has 0 rings (SSSR count). The maximum atomic E-state index is 8.77. The Morgan fingerprint density at radius 2 is 1.92 bits per heavy atom. The molecular weight excluding hydrogens is 152 g/mol. The van der Waals surface area contributed by atoms with Crippen molar-refractivity contribution in [3.05, 3.63) is 0 Å². The van der Waals surface area contributed by atoms with E-state index in [2.05, 4.69) is 31.2 Å². The Labute approximate surface area is 75.7 Å². The fraction of sp³-hybridized carbons (Fsp3) is 1.00. The summed E-state index contributed by atoms with van der Waals surface area (Å²) < 4.78 is 0. The smallest absolute Gasteiger partial charge is 0.0457 e. The molecule has 0 aromatic heterocycles. The van der Waals surface area contributed by atoms with Crippen molar-refractivity contribution in [3.8, 4) is 0 Å². The molecule has 0 saturated carbocycles. The van der Waals surface area contributed by atoms with Gasteiger partial charge in [0, 0.05) is 26.2 Å². The van der Waals surface area contributed by atoms with Crippen LogP contribution in [0.5, 0.6) is 0 Å². The average Bonchev–Trinajstić information content (AvgIpc) is 2.12. The minimum absolute atomic E-state index is 0.292. The number of aliphatic hydroxyl groups excluding tert-OH is 1.